The van der Waals surface area contributed by atoms with Gasteiger partial charge in [0.25, 0.3) is 5.91 Å². The maximum Gasteiger partial charge on any atom is 0.269 e. The molecule has 2 aromatic carbocycles. The second-order valence-electron chi connectivity index (χ2n) is 6.27. The van der Waals surface area contributed by atoms with Crippen LogP contribution in [-0.4, -0.2) is 15.7 Å². The number of aromatic nitrogens is 2. The average Bonchev–Trinajstić information content (AvgIpc) is 3.03. The average molecular weight is 354 g/mol. The van der Waals surface area contributed by atoms with Crippen LogP contribution in [0.3, 0.4) is 0 Å². The van der Waals surface area contributed by atoms with Gasteiger partial charge < -0.3 is 5.73 Å². The monoisotopic (exact) mass is 353 g/mol. The lowest BCUT2D eigenvalue weighted by Crippen LogP contribution is -2.14. The number of aryl methyl sites for hydroxylation is 2. The van der Waals surface area contributed by atoms with Gasteiger partial charge in [-0.3, -0.25) is 9.48 Å². The van der Waals surface area contributed by atoms with Crippen LogP contribution >= 0.6 is 11.6 Å². The molecule has 25 heavy (non-hydrogen) atoms. The standard InChI is InChI=1S/C20H20ClN3O/c1-12-4-6-15(7-5-12)14(3)24-19(11-18(23-24)20(22)25)16-8-9-17(21)13(2)10-16/h4-11,14H,1-3H3,(H2,22,25). The third-order valence-corrected chi connectivity index (χ3v) is 4.79. The van der Waals surface area contributed by atoms with Crippen molar-refractivity contribution in [1.82, 2.24) is 9.78 Å². The summed E-state index contributed by atoms with van der Waals surface area (Å²) >= 11 is 6.14. The molecule has 0 bridgehead atoms. The summed E-state index contributed by atoms with van der Waals surface area (Å²) in [5.41, 5.74) is 10.8. The highest BCUT2D eigenvalue weighted by Crippen LogP contribution is 2.29. The van der Waals surface area contributed by atoms with Crippen LogP contribution < -0.4 is 5.73 Å². The predicted octanol–water partition coefficient (Wildman–Crippen LogP) is 4.53. The van der Waals surface area contributed by atoms with E-state index in [2.05, 4.69) is 43.2 Å². The van der Waals surface area contributed by atoms with Gasteiger partial charge in [0.15, 0.2) is 5.69 Å². The van der Waals surface area contributed by atoms with Crippen molar-refractivity contribution in [3.63, 3.8) is 0 Å². The van der Waals surface area contributed by atoms with E-state index in [0.29, 0.717) is 5.02 Å². The molecule has 1 atom stereocenters. The number of carbonyl (C=O) groups is 1. The number of hydrogen-bond acceptors (Lipinski definition) is 2. The van der Waals surface area contributed by atoms with Crippen LogP contribution in [0.25, 0.3) is 11.3 Å². The van der Waals surface area contributed by atoms with E-state index in [1.54, 1.807) is 6.07 Å². The number of benzene rings is 2. The molecule has 0 aliphatic carbocycles. The van der Waals surface area contributed by atoms with E-state index in [1.807, 2.05) is 29.8 Å². The zero-order valence-corrected chi connectivity index (χ0v) is 15.2. The largest absolute Gasteiger partial charge is 0.364 e. The SMILES string of the molecule is Cc1ccc(C(C)n2nc(C(N)=O)cc2-c2ccc(Cl)c(C)c2)cc1. The second kappa shape index (κ2) is 6.73. The third kappa shape index (κ3) is 3.44. The fourth-order valence-corrected chi connectivity index (χ4v) is 2.93. The maximum atomic E-state index is 11.6. The fourth-order valence-electron chi connectivity index (χ4n) is 2.82. The Balaban J connectivity index is 2.13. The van der Waals surface area contributed by atoms with Crippen molar-refractivity contribution >= 4 is 17.5 Å². The van der Waals surface area contributed by atoms with Crippen molar-refractivity contribution in [2.75, 3.05) is 0 Å². The smallest absolute Gasteiger partial charge is 0.269 e. The Bertz CT molecular complexity index is 929. The zero-order valence-electron chi connectivity index (χ0n) is 14.5. The molecule has 1 unspecified atom stereocenters. The molecule has 128 valence electrons. The highest BCUT2D eigenvalue weighted by molar-refractivity contribution is 6.31. The number of nitrogens with zero attached hydrogens (tertiary/aromatic N) is 2. The molecule has 1 heterocycles. The van der Waals surface area contributed by atoms with Gasteiger partial charge in [0.2, 0.25) is 0 Å². The summed E-state index contributed by atoms with van der Waals surface area (Å²) in [7, 11) is 0. The number of carbonyl (C=O) groups excluding carboxylic acids is 1. The lowest BCUT2D eigenvalue weighted by molar-refractivity contribution is 0.0994. The molecule has 0 saturated heterocycles. The number of primary amides is 1. The molecule has 1 amide bonds. The number of amides is 1. The minimum absolute atomic E-state index is 0.0420. The van der Waals surface area contributed by atoms with Crippen LogP contribution in [0.4, 0.5) is 0 Å². The Hall–Kier alpha value is -2.59. The molecule has 0 fully saturated rings. The number of nitrogens with two attached hydrogens (primary N) is 1. The van der Waals surface area contributed by atoms with Crippen LogP contribution in [0.15, 0.2) is 48.5 Å². The minimum Gasteiger partial charge on any atom is -0.364 e. The van der Waals surface area contributed by atoms with Crippen LogP contribution in [-0.2, 0) is 0 Å². The highest BCUT2D eigenvalue weighted by atomic mass is 35.5. The lowest BCUT2D eigenvalue weighted by Gasteiger charge is -2.17. The van der Waals surface area contributed by atoms with Gasteiger partial charge in [-0.2, -0.15) is 5.10 Å². The summed E-state index contributed by atoms with van der Waals surface area (Å²) in [6, 6.07) is 15.7. The maximum absolute atomic E-state index is 11.6. The Labute approximate surface area is 152 Å². The Morgan fingerprint density at radius 1 is 1.12 bits per heavy atom. The highest BCUT2D eigenvalue weighted by Gasteiger charge is 2.19. The van der Waals surface area contributed by atoms with Crippen molar-refractivity contribution in [2.24, 2.45) is 5.73 Å². The molecular weight excluding hydrogens is 334 g/mol. The molecule has 0 radical (unpaired) electrons. The summed E-state index contributed by atoms with van der Waals surface area (Å²) in [6.07, 6.45) is 0. The van der Waals surface area contributed by atoms with Gasteiger partial charge in [-0.1, -0.05) is 47.5 Å². The third-order valence-electron chi connectivity index (χ3n) is 4.37. The van der Waals surface area contributed by atoms with E-state index in [4.69, 9.17) is 17.3 Å². The lowest BCUT2D eigenvalue weighted by atomic mass is 10.0. The van der Waals surface area contributed by atoms with E-state index in [0.717, 1.165) is 22.4 Å². The first kappa shape index (κ1) is 17.2. The first-order valence-electron chi connectivity index (χ1n) is 8.09. The summed E-state index contributed by atoms with van der Waals surface area (Å²) < 4.78 is 1.84. The van der Waals surface area contributed by atoms with E-state index < -0.39 is 5.91 Å². The first-order valence-corrected chi connectivity index (χ1v) is 8.47. The van der Waals surface area contributed by atoms with E-state index in [9.17, 15) is 4.79 Å². The number of hydrogen-bond donors (Lipinski definition) is 1. The van der Waals surface area contributed by atoms with Gasteiger partial charge in [0, 0.05) is 10.6 Å². The van der Waals surface area contributed by atoms with Crippen molar-refractivity contribution in [1.29, 1.82) is 0 Å². The molecule has 0 aliphatic heterocycles. The molecular formula is C20H20ClN3O. The Morgan fingerprint density at radius 3 is 2.40 bits per heavy atom. The van der Waals surface area contributed by atoms with Crippen LogP contribution in [0.1, 0.15) is 40.1 Å². The summed E-state index contributed by atoms with van der Waals surface area (Å²) in [4.78, 5) is 11.6. The predicted molar refractivity (Wildman–Crippen MR) is 101 cm³/mol. The molecule has 0 aliphatic rings. The van der Waals surface area contributed by atoms with Gasteiger partial charge in [0.05, 0.1) is 11.7 Å². The van der Waals surface area contributed by atoms with E-state index in [-0.39, 0.29) is 11.7 Å². The molecule has 5 heteroatoms. The molecule has 0 spiro atoms. The normalized spacial score (nSPS) is 12.2. The van der Waals surface area contributed by atoms with Crippen LogP contribution in [0.5, 0.6) is 0 Å². The molecule has 4 nitrogen and oxygen atoms in total. The Morgan fingerprint density at radius 2 is 1.80 bits per heavy atom. The van der Waals surface area contributed by atoms with E-state index in [1.165, 1.54) is 5.56 Å². The van der Waals surface area contributed by atoms with Crippen molar-refractivity contribution in [3.8, 4) is 11.3 Å². The zero-order chi connectivity index (χ0) is 18.1. The second-order valence-corrected chi connectivity index (χ2v) is 6.68. The van der Waals surface area contributed by atoms with E-state index >= 15 is 0 Å². The van der Waals surface area contributed by atoms with Gasteiger partial charge >= 0.3 is 0 Å². The summed E-state index contributed by atoms with van der Waals surface area (Å²) in [5, 5.41) is 5.15. The molecule has 3 rings (SSSR count). The van der Waals surface area contributed by atoms with Crippen molar-refractivity contribution in [2.45, 2.75) is 26.8 Å². The number of rotatable bonds is 4. The Kier molecular flexibility index (Phi) is 4.64. The summed E-state index contributed by atoms with van der Waals surface area (Å²) in [6.45, 7) is 6.05. The van der Waals surface area contributed by atoms with Crippen molar-refractivity contribution in [3.05, 3.63) is 75.9 Å². The van der Waals surface area contributed by atoms with Gasteiger partial charge in [-0.05, 0) is 50.1 Å². The van der Waals surface area contributed by atoms with Gasteiger partial charge in [0.1, 0.15) is 0 Å². The number of halogens is 1. The minimum atomic E-state index is -0.540. The summed E-state index contributed by atoms with van der Waals surface area (Å²) in [5.74, 6) is -0.540. The fraction of sp³-hybridized carbons (Fsp3) is 0.200. The molecule has 1 aromatic heterocycles. The molecule has 0 saturated carbocycles. The van der Waals surface area contributed by atoms with Gasteiger partial charge in [-0.15, -0.1) is 0 Å². The topological polar surface area (TPSA) is 60.9 Å². The first-order chi connectivity index (χ1) is 11.9. The van der Waals surface area contributed by atoms with Crippen LogP contribution in [0, 0.1) is 13.8 Å². The van der Waals surface area contributed by atoms with Crippen LogP contribution in [0.2, 0.25) is 5.02 Å². The van der Waals surface area contributed by atoms with Gasteiger partial charge in [-0.25, -0.2) is 0 Å². The van der Waals surface area contributed by atoms with Crippen molar-refractivity contribution < 1.29 is 4.79 Å². The molecule has 2 N–H and O–H groups in total. The molecule has 3 aromatic rings. The quantitative estimate of drug-likeness (QED) is 0.749.